The van der Waals surface area contributed by atoms with Crippen molar-refractivity contribution < 1.29 is 14.4 Å². The Kier molecular flexibility index (Phi) is 14.3. The Bertz CT molecular complexity index is 1520. The first-order chi connectivity index (χ1) is 20.8. The molecular formula is C34H42N4O5. The van der Waals surface area contributed by atoms with Crippen LogP contribution < -0.4 is 11.2 Å². The van der Waals surface area contributed by atoms with E-state index in [1.807, 2.05) is 29.9 Å². The minimum atomic E-state index is -0.484. The molecule has 0 radical (unpaired) electrons. The summed E-state index contributed by atoms with van der Waals surface area (Å²) in [4.78, 5) is 63.8. The molecule has 0 unspecified atom stereocenters. The minimum Gasteiger partial charge on any atom is -0.339 e. The van der Waals surface area contributed by atoms with Crippen molar-refractivity contribution in [3.63, 3.8) is 0 Å². The fourth-order valence-electron chi connectivity index (χ4n) is 4.44. The zero-order valence-electron chi connectivity index (χ0n) is 25.2. The second kappa shape index (κ2) is 17.9. The van der Waals surface area contributed by atoms with Crippen LogP contribution in [0.25, 0.3) is 10.9 Å². The van der Waals surface area contributed by atoms with Gasteiger partial charge in [-0.05, 0) is 42.7 Å². The van der Waals surface area contributed by atoms with E-state index in [0.717, 1.165) is 18.4 Å². The number of carbonyl (C=O) groups excluding carboxylic acids is 3. The summed E-state index contributed by atoms with van der Waals surface area (Å²) in [5.74, 6) is 0.336. The second-order valence-electron chi connectivity index (χ2n) is 10.0. The number of amides is 2. The van der Waals surface area contributed by atoms with Crippen molar-refractivity contribution in [1.82, 2.24) is 19.4 Å². The van der Waals surface area contributed by atoms with E-state index >= 15 is 0 Å². The van der Waals surface area contributed by atoms with Crippen LogP contribution in [-0.4, -0.2) is 64.1 Å². The van der Waals surface area contributed by atoms with Gasteiger partial charge in [-0.2, -0.15) is 0 Å². The third-order valence-electron chi connectivity index (χ3n) is 6.61. The maximum atomic E-state index is 13.1. The third kappa shape index (κ3) is 9.92. The van der Waals surface area contributed by atoms with E-state index in [1.165, 1.54) is 11.0 Å². The summed E-state index contributed by atoms with van der Waals surface area (Å²) in [6, 6.07) is 14.2. The second-order valence-corrected chi connectivity index (χ2v) is 10.0. The molecule has 1 aliphatic carbocycles. The molecule has 9 heteroatoms. The maximum absolute atomic E-state index is 13.1. The average Bonchev–Trinajstić information content (AvgIpc) is 3.89. The molecule has 5 rings (SSSR count). The minimum absolute atomic E-state index is 0.0796. The zero-order valence-corrected chi connectivity index (χ0v) is 25.2. The van der Waals surface area contributed by atoms with Gasteiger partial charge in [-0.1, -0.05) is 82.0 Å². The van der Waals surface area contributed by atoms with Crippen LogP contribution in [0.5, 0.6) is 0 Å². The van der Waals surface area contributed by atoms with Gasteiger partial charge in [-0.15, -0.1) is 0 Å². The van der Waals surface area contributed by atoms with Crippen LogP contribution in [0.2, 0.25) is 0 Å². The molecule has 1 aromatic heterocycles. The molecule has 2 amide bonds. The number of hydrogen-bond acceptors (Lipinski definition) is 5. The van der Waals surface area contributed by atoms with E-state index in [2.05, 4.69) is 32.0 Å². The standard InChI is InChI=1S/C24H24N4O4.C6H8.C3H8.CH2O/c29-21-19-6-1-2-7-20(19)28(24(32)25-21)15-16-4-3-5-18(14-16)23(31)27-12-10-26(11-13-27)22(30)17-8-9-17;1-3-5-6-4-2;1-3-2;1-2/h1-7,14,17H,8-13,15H2,(H,25,29,32);3-6H,1-2H2;3H2,1-2H3;1H2/b;6-5-;;. The van der Waals surface area contributed by atoms with Crippen LogP contribution in [0.4, 0.5) is 0 Å². The highest BCUT2D eigenvalue weighted by molar-refractivity contribution is 5.94. The summed E-state index contributed by atoms with van der Waals surface area (Å²) in [6.45, 7) is 15.6. The summed E-state index contributed by atoms with van der Waals surface area (Å²) >= 11 is 0. The van der Waals surface area contributed by atoms with Gasteiger partial charge in [0, 0.05) is 37.7 Å². The van der Waals surface area contributed by atoms with Gasteiger partial charge >= 0.3 is 5.69 Å². The quantitative estimate of drug-likeness (QED) is 0.425. The number of rotatable bonds is 6. The molecular weight excluding hydrogens is 544 g/mol. The van der Waals surface area contributed by atoms with Crippen LogP contribution in [0.15, 0.2) is 95.6 Å². The van der Waals surface area contributed by atoms with Crippen LogP contribution in [-0.2, 0) is 16.1 Å². The number of fused-ring (bicyclic) bond motifs is 1. The number of nitrogens with one attached hydrogen (secondary N) is 1. The Morgan fingerprint density at radius 1 is 0.884 bits per heavy atom. The SMILES string of the molecule is C=C/C=C\C=C.C=O.CCC.O=C(c1cccc(Cn2c(=O)[nH]c(=O)c3ccccc32)c1)N1CCN(C(=O)C2CC2)CC1. The first-order valence-electron chi connectivity index (χ1n) is 14.4. The van der Waals surface area contributed by atoms with Crippen molar-refractivity contribution in [2.75, 3.05) is 26.2 Å². The normalized spacial score (nSPS) is 13.9. The van der Waals surface area contributed by atoms with E-state index in [-0.39, 0.29) is 24.3 Å². The molecule has 0 atom stereocenters. The zero-order chi connectivity index (χ0) is 31.8. The summed E-state index contributed by atoms with van der Waals surface area (Å²) in [6.07, 6.45) is 10.3. The van der Waals surface area contributed by atoms with Crippen LogP contribution in [0.3, 0.4) is 0 Å². The molecule has 1 saturated heterocycles. The highest BCUT2D eigenvalue weighted by Gasteiger charge is 2.35. The molecule has 2 aromatic carbocycles. The van der Waals surface area contributed by atoms with Crippen LogP contribution in [0, 0.1) is 5.92 Å². The molecule has 2 fully saturated rings. The van der Waals surface area contributed by atoms with Gasteiger partial charge in [-0.25, -0.2) is 4.79 Å². The van der Waals surface area contributed by atoms with E-state index in [9.17, 15) is 19.2 Å². The van der Waals surface area contributed by atoms with E-state index < -0.39 is 11.2 Å². The summed E-state index contributed by atoms with van der Waals surface area (Å²) in [7, 11) is 0. The third-order valence-corrected chi connectivity index (χ3v) is 6.61. The Morgan fingerprint density at radius 2 is 1.47 bits per heavy atom. The topological polar surface area (TPSA) is 113 Å². The van der Waals surface area contributed by atoms with Crippen molar-refractivity contribution >= 4 is 29.5 Å². The fraction of sp³-hybridized carbons (Fsp3) is 0.324. The van der Waals surface area contributed by atoms with E-state index in [0.29, 0.717) is 42.6 Å². The van der Waals surface area contributed by atoms with Crippen LogP contribution in [0.1, 0.15) is 49.0 Å². The van der Waals surface area contributed by atoms with Crippen molar-refractivity contribution in [1.29, 1.82) is 0 Å². The van der Waals surface area contributed by atoms with Crippen molar-refractivity contribution in [3.8, 4) is 0 Å². The predicted molar refractivity (Wildman–Crippen MR) is 172 cm³/mol. The lowest BCUT2D eigenvalue weighted by molar-refractivity contribution is -0.134. The molecule has 1 N–H and O–H groups in total. The molecule has 2 aliphatic rings. The van der Waals surface area contributed by atoms with Crippen molar-refractivity contribution in [2.45, 2.75) is 39.7 Å². The number of carbonyl (C=O) groups is 3. The van der Waals surface area contributed by atoms with E-state index in [4.69, 9.17) is 4.79 Å². The van der Waals surface area contributed by atoms with Crippen molar-refractivity contribution in [3.05, 3.63) is 118 Å². The average molecular weight is 587 g/mol. The molecule has 43 heavy (non-hydrogen) atoms. The first-order valence-corrected chi connectivity index (χ1v) is 14.4. The Balaban J connectivity index is 0.000000511. The molecule has 9 nitrogen and oxygen atoms in total. The Morgan fingerprint density at radius 3 is 2.05 bits per heavy atom. The first kappa shape index (κ1) is 34.4. The maximum Gasteiger partial charge on any atom is 0.329 e. The number of para-hydroxylation sites is 1. The van der Waals surface area contributed by atoms with E-state index in [1.54, 1.807) is 59.5 Å². The molecule has 2 heterocycles. The summed E-state index contributed by atoms with van der Waals surface area (Å²) in [5.41, 5.74) is 0.991. The predicted octanol–water partition coefficient (Wildman–Crippen LogP) is 4.58. The number of allylic oxidation sites excluding steroid dienone is 4. The molecule has 0 bridgehead atoms. The monoisotopic (exact) mass is 586 g/mol. The number of hydrogen-bond donors (Lipinski definition) is 1. The van der Waals surface area contributed by atoms with Crippen LogP contribution >= 0.6 is 0 Å². The Hall–Kier alpha value is -4.79. The molecule has 1 aliphatic heterocycles. The largest absolute Gasteiger partial charge is 0.339 e. The smallest absolute Gasteiger partial charge is 0.329 e. The lowest BCUT2D eigenvalue weighted by atomic mass is 10.1. The fourth-order valence-corrected chi connectivity index (χ4v) is 4.44. The number of nitrogens with zero attached hydrogens (tertiary/aromatic N) is 3. The molecule has 0 spiro atoms. The summed E-state index contributed by atoms with van der Waals surface area (Å²) in [5, 5.41) is 0.443. The molecule has 228 valence electrons. The molecule has 3 aromatic rings. The number of aromatic nitrogens is 2. The van der Waals surface area contributed by atoms with Gasteiger partial charge < -0.3 is 14.6 Å². The Labute approximate surface area is 252 Å². The van der Waals surface area contributed by atoms with Gasteiger partial charge in [0.25, 0.3) is 11.5 Å². The van der Waals surface area contributed by atoms with Crippen molar-refractivity contribution in [2.24, 2.45) is 5.92 Å². The number of benzene rings is 2. The van der Waals surface area contributed by atoms with Gasteiger partial charge in [0.05, 0.1) is 17.4 Å². The number of H-pyrrole nitrogens is 1. The van der Waals surface area contributed by atoms with Gasteiger partial charge in [0.1, 0.15) is 6.79 Å². The van der Waals surface area contributed by atoms with Gasteiger partial charge in [0.2, 0.25) is 5.91 Å². The molecule has 1 saturated carbocycles. The van der Waals surface area contributed by atoms with Gasteiger partial charge in [-0.3, -0.25) is 23.9 Å². The highest BCUT2D eigenvalue weighted by Crippen LogP contribution is 2.31. The number of piperazine rings is 1. The lowest BCUT2D eigenvalue weighted by Gasteiger charge is -2.35. The highest BCUT2D eigenvalue weighted by atomic mass is 16.2. The number of aromatic amines is 1. The summed E-state index contributed by atoms with van der Waals surface area (Å²) < 4.78 is 1.50. The lowest BCUT2D eigenvalue weighted by Crippen LogP contribution is -2.51. The van der Waals surface area contributed by atoms with Gasteiger partial charge in [0.15, 0.2) is 0 Å².